The lowest BCUT2D eigenvalue weighted by Crippen LogP contribution is -2.14. The average Bonchev–Trinajstić information content (AvgIpc) is 3.22. The van der Waals surface area contributed by atoms with E-state index in [1.165, 1.54) is 11.3 Å². The summed E-state index contributed by atoms with van der Waals surface area (Å²) in [6.45, 7) is 2.00. The molecule has 6 nitrogen and oxygen atoms in total. The van der Waals surface area contributed by atoms with Gasteiger partial charge < -0.3 is 4.74 Å². The van der Waals surface area contributed by atoms with Gasteiger partial charge in [-0.3, -0.25) is 15.1 Å². The van der Waals surface area contributed by atoms with Crippen LogP contribution in [-0.2, 0) is 0 Å². The molecular weight excluding hydrogens is 384 g/mol. The van der Waals surface area contributed by atoms with Gasteiger partial charge in [0.1, 0.15) is 5.69 Å². The molecule has 7 heteroatoms. The molecule has 0 fully saturated rings. The number of hydrogen-bond acceptors (Lipinski definition) is 6. The molecule has 1 amide bonds. The predicted molar refractivity (Wildman–Crippen MR) is 114 cm³/mol. The number of nitrogens with zero attached hydrogens (tertiary/aromatic N) is 3. The third-order valence-electron chi connectivity index (χ3n) is 4.37. The number of anilines is 1. The zero-order chi connectivity index (χ0) is 20.2. The molecular formula is C22H18N4O2S. The van der Waals surface area contributed by atoms with E-state index < -0.39 is 0 Å². The van der Waals surface area contributed by atoms with Crippen LogP contribution in [0.2, 0.25) is 0 Å². The number of nitrogens with one attached hydrogen (secondary N) is 1. The normalized spacial score (nSPS) is 10.6. The van der Waals surface area contributed by atoms with Gasteiger partial charge >= 0.3 is 0 Å². The summed E-state index contributed by atoms with van der Waals surface area (Å²) >= 11 is 1.34. The molecule has 0 aliphatic carbocycles. The van der Waals surface area contributed by atoms with Gasteiger partial charge in [-0.1, -0.05) is 30.3 Å². The van der Waals surface area contributed by atoms with Gasteiger partial charge in [0.15, 0.2) is 5.13 Å². The molecule has 4 aromatic rings. The van der Waals surface area contributed by atoms with Crippen molar-refractivity contribution >= 4 is 22.4 Å². The first-order valence-corrected chi connectivity index (χ1v) is 9.83. The van der Waals surface area contributed by atoms with Crippen LogP contribution in [0.15, 0.2) is 66.2 Å². The summed E-state index contributed by atoms with van der Waals surface area (Å²) in [7, 11) is 1.57. The van der Waals surface area contributed by atoms with Crippen molar-refractivity contribution in [2.75, 3.05) is 12.4 Å². The van der Waals surface area contributed by atoms with Gasteiger partial charge in [0.2, 0.25) is 5.88 Å². The predicted octanol–water partition coefficient (Wildman–Crippen LogP) is 4.84. The molecule has 0 radical (unpaired) electrons. The summed E-state index contributed by atoms with van der Waals surface area (Å²) in [5, 5.41) is 5.22. The molecule has 3 heterocycles. The number of benzene rings is 1. The molecule has 0 saturated heterocycles. The topological polar surface area (TPSA) is 77.0 Å². The molecule has 0 unspecified atom stereocenters. The Labute approximate surface area is 172 Å². The molecule has 0 spiro atoms. The van der Waals surface area contributed by atoms with Crippen molar-refractivity contribution in [3.8, 4) is 28.5 Å². The summed E-state index contributed by atoms with van der Waals surface area (Å²) in [6.07, 6.45) is 1.69. The van der Waals surface area contributed by atoms with Crippen LogP contribution in [-0.4, -0.2) is 28.0 Å². The first-order valence-electron chi connectivity index (χ1n) is 8.95. The van der Waals surface area contributed by atoms with E-state index in [-0.39, 0.29) is 5.91 Å². The average molecular weight is 402 g/mol. The second-order valence-electron chi connectivity index (χ2n) is 6.27. The summed E-state index contributed by atoms with van der Waals surface area (Å²) in [5.74, 6) is 0.259. The van der Waals surface area contributed by atoms with Crippen molar-refractivity contribution in [3.05, 3.63) is 77.3 Å². The van der Waals surface area contributed by atoms with E-state index in [2.05, 4.69) is 20.3 Å². The Balaban J connectivity index is 1.60. The van der Waals surface area contributed by atoms with Gasteiger partial charge in [-0.2, -0.15) is 0 Å². The van der Waals surface area contributed by atoms with E-state index >= 15 is 0 Å². The van der Waals surface area contributed by atoms with Gasteiger partial charge in [0.05, 0.1) is 24.1 Å². The molecule has 144 valence electrons. The van der Waals surface area contributed by atoms with Crippen LogP contribution < -0.4 is 10.1 Å². The number of aromatic nitrogens is 3. The first-order chi connectivity index (χ1) is 14.2. The SMILES string of the molecule is COc1cccc(-c2csc(NC(=O)c3cccnc3-c3ccccc3C)n2)n1. The molecule has 4 rings (SSSR count). The molecule has 0 atom stereocenters. The number of hydrogen-bond donors (Lipinski definition) is 1. The summed E-state index contributed by atoms with van der Waals surface area (Å²) in [5.41, 5.74) is 4.49. The molecule has 29 heavy (non-hydrogen) atoms. The summed E-state index contributed by atoms with van der Waals surface area (Å²) < 4.78 is 5.16. The molecule has 1 N–H and O–H groups in total. The third kappa shape index (κ3) is 4.00. The number of carbonyl (C=O) groups is 1. The highest BCUT2D eigenvalue weighted by atomic mass is 32.1. The monoisotopic (exact) mass is 402 g/mol. The van der Waals surface area contributed by atoms with Crippen LogP contribution in [0, 0.1) is 6.92 Å². The molecule has 0 aliphatic rings. The van der Waals surface area contributed by atoms with Crippen molar-refractivity contribution in [1.82, 2.24) is 15.0 Å². The van der Waals surface area contributed by atoms with E-state index in [9.17, 15) is 4.79 Å². The van der Waals surface area contributed by atoms with Crippen molar-refractivity contribution in [3.63, 3.8) is 0 Å². The summed E-state index contributed by atoms with van der Waals surface area (Å²) in [6, 6.07) is 16.9. The molecule has 1 aromatic carbocycles. The van der Waals surface area contributed by atoms with Crippen LogP contribution >= 0.6 is 11.3 Å². The lowest BCUT2D eigenvalue weighted by atomic mass is 10.0. The lowest BCUT2D eigenvalue weighted by Gasteiger charge is -2.10. The van der Waals surface area contributed by atoms with E-state index in [0.717, 1.165) is 11.1 Å². The number of pyridine rings is 2. The van der Waals surface area contributed by atoms with Gasteiger partial charge in [-0.25, -0.2) is 9.97 Å². The highest BCUT2D eigenvalue weighted by Crippen LogP contribution is 2.28. The van der Waals surface area contributed by atoms with Crippen LogP contribution in [0.1, 0.15) is 15.9 Å². The van der Waals surface area contributed by atoms with Crippen molar-refractivity contribution in [2.45, 2.75) is 6.92 Å². The maximum Gasteiger partial charge on any atom is 0.259 e. The standard InChI is InChI=1S/C22H18N4O2S/c1-14-7-3-4-8-15(14)20-16(9-6-12-23-20)21(27)26-22-25-18(13-29-22)17-10-5-11-19(24-17)28-2/h3-13H,1-2H3,(H,25,26,27). The minimum absolute atomic E-state index is 0.254. The van der Waals surface area contributed by atoms with Gasteiger partial charge in [-0.05, 0) is 30.7 Å². The smallest absolute Gasteiger partial charge is 0.259 e. The Kier molecular flexibility index (Phi) is 5.31. The summed E-state index contributed by atoms with van der Waals surface area (Å²) in [4.78, 5) is 26.3. The van der Waals surface area contributed by atoms with E-state index in [0.29, 0.717) is 33.7 Å². The molecule has 3 aromatic heterocycles. The second-order valence-corrected chi connectivity index (χ2v) is 7.13. The first kappa shape index (κ1) is 18.8. The molecule has 0 aliphatic heterocycles. The quantitative estimate of drug-likeness (QED) is 0.517. The zero-order valence-electron chi connectivity index (χ0n) is 15.9. The zero-order valence-corrected chi connectivity index (χ0v) is 16.7. The Morgan fingerprint density at radius 2 is 1.86 bits per heavy atom. The highest BCUT2D eigenvalue weighted by molar-refractivity contribution is 7.14. The maximum atomic E-state index is 12.9. The Hall–Kier alpha value is -3.58. The fourth-order valence-electron chi connectivity index (χ4n) is 2.93. The second kappa shape index (κ2) is 8.20. The van der Waals surface area contributed by atoms with Gasteiger partial charge in [0.25, 0.3) is 5.91 Å². The number of ether oxygens (including phenoxy) is 1. The Morgan fingerprint density at radius 1 is 1.00 bits per heavy atom. The minimum atomic E-state index is -0.254. The van der Waals surface area contributed by atoms with Crippen LogP contribution in [0.3, 0.4) is 0 Å². The Morgan fingerprint density at radius 3 is 2.69 bits per heavy atom. The number of amides is 1. The third-order valence-corrected chi connectivity index (χ3v) is 5.13. The van der Waals surface area contributed by atoms with Crippen LogP contribution in [0.5, 0.6) is 5.88 Å². The van der Waals surface area contributed by atoms with Crippen LogP contribution in [0.25, 0.3) is 22.6 Å². The lowest BCUT2D eigenvalue weighted by molar-refractivity contribution is 0.102. The number of carbonyl (C=O) groups excluding carboxylic acids is 1. The fraction of sp³-hybridized carbons (Fsp3) is 0.0909. The highest BCUT2D eigenvalue weighted by Gasteiger charge is 2.17. The fourth-order valence-corrected chi connectivity index (χ4v) is 3.63. The number of methoxy groups -OCH3 is 1. The molecule has 0 bridgehead atoms. The maximum absolute atomic E-state index is 12.9. The van der Waals surface area contributed by atoms with Crippen molar-refractivity contribution in [1.29, 1.82) is 0 Å². The Bertz CT molecular complexity index is 1170. The van der Waals surface area contributed by atoms with Crippen molar-refractivity contribution < 1.29 is 9.53 Å². The van der Waals surface area contributed by atoms with E-state index in [1.54, 1.807) is 31.5 Å². The van der Waals surface area contributed by atoms with Gasteiger partial charge in [0, 0.05) is 23.2 Å². The van der Waals surface area contributed by atoms with Crippen molar-refractivity contribution in [2.24, 2.45) is 0 Å². The van der Waals surface area contributed by atoms with Crippen LogP contribution in [0.4, 0.5) is 5.13 Å². The number of thiazole rings is 1. The van der Waals surface area contributed by atoms with E-state index in [1.807, 2.05) is 48.7 Å². The number of rotatable bonds is 5. The molecule has 0 saturated carbocycles. The van der Waals surface area contributed by atoms with Gasteiger partial charge in [-0.15, -0.1) is 11.3 Å². The largest absolute Gasteiger partial charge is 0.481 e. The minimum Gasteiger partial charge on any atom is -0.481 e. The van der Waals surface area contributed by atoms with E-state index in [4.69, 9.17) is 4.74 Å². The number of aryl methyl sites for hydroxylation is 1.